The summed E-state index contributed by atoms with van der Waals surface area (Å²) in [6.07, 6.45) is 0.792. The third kappa shape index (κ3) is 6.78. The number of carbonyl (C=O) groups excluding carboxylic acids is 3. The van der Waals surface area contributed by atoms with Crippen LogP contribution in [-0.4, -0.2) is 79.6 Å². The molecule has 0 spiro atoms. The largest absolute Gasteiger partial charge is 0.493 e. The number of benzene rings is 3. The summed E-state index contributed by atoms with van der Waals surface area (Å²) in [6, 6.07) is 16.7. The minimum atomic E-state index is -0.576. The van der Waals surface area contributed by atoms with Crippen molar-refractivity contribution < 1.29 is 33.0 Å². The molecule has 0 saturated carbocycles. The molecule has 1 saturated heterocycles. The number of likely N-dealkylation sites (tertiary alicyclic amines) is 1. The van der Waals surface area contributed by atoms with Crippen molar-refractivity contribution in [1.82, 2.24) is 20.4 Å². The number of halogens is 1. The van der Waals surface area contributed by atoms with Gasteiger partial charge in [0.25, 0.3) is 11.8 Å². The van der Waals surface area contributed by atoms with Crippen LogP contribution in [0.25, 0.3) is 0 Å². The summed E-state index contributed by atoms with van der Waals surface area (Å²) >= 11 is 0. The van der Waals surface area contributed by atoms with Gasteiger partial charge in [0, 0.05) is 50.8 Å². The van der Waals surface area contributed by atoms with E-state index in [1.54, 1.807) is 23.1 Å². The molecule has 44 heavy (non-hydrogen) atoms. The molecule has 1 fully saturated rings. The summed E-state index contributed by atoms with van der Waals surface area (Å²) < 4.78 is 31.9. The van der Waals surface area contributed by atoms with Gasteiger partial charge in [-0.05, 0) is 53.4 Å². The molecule has 0 unspecified atom stereocenters. The van der Waals surface area contributed by atoms with E-state index in [2.05, 4.69) is 27.7 Å². The third-order valence-electron chi connectivity index (χ3n) is 8.28. The molecule has 230 valence electrons. The molecule has 10 nitrogen and oxygen atoms in total. The van der Waals surface area contributed by atoms with Crippen LogP contribution in [0.1, 0.15) is 33.5 Å². The van der Waals surface area contributed by atoms with Gasteiger partial charge in [-0.15, -0.1) is 0 Å². The Balaban J connectivity index is 1.23. The zero-order valence-electron chi connectivity index (χ0n) is 24.5. The van der Waals surface area contributed by atoms with E-state index in [0.29, 0.717) is 30.8 Å². The normalized spacial score (nSPS) is 20.6. The van der Waals surface area contributed by atoms with Crippen molar-refractivity contribution in [2.75, 3.05) is 39.9 Å². The van der Waals surface area contributed by atoms with Crippen LogP contribution in [0.15, 0.2) is 60.7 Å². The molecule has 3 amide bonds. The molecule has 0 radical (unpaired) electrons. The van der Waals surface area contributed by atoms with E-state index in [-0.39, 0.29) is 49.2 Å². The van der Waals surface area contributed by atoms with Gasteiger partial charge >= 0.3 is 0 Å². The van der Waals surface area contributed by atoms with Gasteiger partial charge in [-0.1, -0.05) is 24.3 Å². The number of hydrogen-bond donors (Lipinski definition) is 2. The van der Waals surface area contributed by atoms with Gasteiger partial charge in [-0.2, -0.15) is 0 Å². The minimum absolute atomic E-state index is 0.0202. The van der Waals surface area contributed by atoms with E-state index in [9.17, 15) is 18.8 Å². The Hall–Kier alpha value is -4.64. The number of hydrogen-bond acceptors (Lipinski definition) is 7. The molecular formula is C33H35FN4O6. The second-order valence-corrected chi connectivity index (χ2v) is 11.3. The number of amides is 3. The van der Waals surface area contributed by atoms with Gasteiger partial charge in [-0.3, -0.25) is 19.3 Å². The van der Waals surface area contributed by atoms with Gasteiger partial charge in [0.1, 0.15) is 17.7 Å². The molecule has 3 aliphatic rings. The smallest absolute Gasteiger partial charge is 0.258 e. The predicted octanol–water partition coefficient (Wildman–Crippen LogP) is 2.68. The first kappa shape index (κ1) is 29.4. The highest BCUT2D eigenvalue weighted by Crippen LogP contribution is 2.29. The summed E-state index contributed by atoms with van der Waals surface area (Å²) in [5, 5.41) is 5.75. The highest BCUT2D eigenvalue weighted by molar-refractivity contribution is 5.95. The third-order valence-corrected chi connectivity index (χ3v) is 8.28. The summed E-state index contributed by atoms with van der Waals surface area (Å²) in [4.78, 5) is 43.4. The van der Waals surface area contributed by atoms with Gasteiger partial charge in [0.15, 0.2) is 18.1 Å². The van der Waals surface area contributed by atoms with Crippen molar-refractivity contribution in [3.05, 3.63) is 88.7 Å². The molecule has 3 aromatic carbocycles. The van der Waals surface area contributed by atoms with Crippen LogP contribution in [0.3, 0.4) is 0 Å². The zero-order chi connectivity index (χ0) is 30.6. The summed E-state index contributed by atoms with van der Waals surface area (Å²) in [6.45, 7) is 2.19. The topological polar surface area (TPSA) is 109 Å². The van der Waals surface area contributed by atoms with E-state index < -0.39 is 29.8 Å². The van der Waals surface area contributed by atoms with Crippen molar-refractivity contribution in [2.45, 2.75) is 38.1 Å². The number of nitrogens with zero attached hydrogens (tertiary/aromatic N) is 2. The van der Waals surface area contributed by atoms with Crippen LogP contribution in [0.5, 0.6) is 17.2 Å². The highest BCUT2D eigenvalue weighted by atomic mass is 19.1. The molecular weight excluding hydrogens is 567 g/mol. The molecule has 2 atom stereocenters. The maximum absolute atomic E-state index is 14.6. The molecule has 0 aliphatic carbocycles. The summed E-state index contributed by atoms with van der Waals surface area (Å²) in [7, 11) is 1.47. The van der Waals surface area contributed by atoms with Crippen LogP contribution < -0.4 is 24.8 Å². The Bertz CT molecular complexity index is 1560. The maximum Gasteiger partial charge on any atom is 0.258 e. The first-order chi connectivity index (χ1) is 21.3. The quantitative estimate of drug-likeness (QED) is 0.475. The van der Waals surface area contributed by atoms with E-state index in [1.807, 2.05) is 12.1 Å². The summed E-state index contributed by atoms with van der Waals surface area (Å²) in [5.74, 6) is -0.497. The van der Waals surface area contributed by atoms with Crippen molar-refractivity contribution in [3.8, 4) is 17.2 Å². The van der Waals surface area contributed by atoms with Crippen LogP contribution in [-0.2, 0) is 29.1 Å². The Morgan fingerprint density at radius 1 is 1.07 bits per heavy atom. The van der Waals surface area contributed by atoms with Gasteiger partial charge in [0.05, 0.1) is 19.7 Å². The molecule has 3 heterocycles. The maximum atomic E-state index is 14.6. The van der Waals surface area contributed by atoms with Gasteiger partial charge < -0.3 is 29.7 Å². The van der Waals surface area contributed by atoms with E-state index >= 15 is 0 Å². The Morgan fingerprint density at radius 2 is 1.91 bits per heavy atom. The van der Waals surface area contributed by atoms with Crippen molar-refractivity contribution in [1.29, 1.82) is 0 Å². The van der Waals surface area contributed by atoms with Crippen LogP contribution in [0.2, 0.25) is 0 Å². The Morgan fingerprint density at radius 3 is 2.75 bits per heavy atom. The number of piperidine rings is 1. The van der Waals surface area contributed by atoms with Crippen molar-refractivity contribution in [3.63, 3.8) is 0 Å². The van der Waals surface area contributed by atoms with Crippen LogP contribution >= 0.6 is 0 Å². The molecule has 6 rings (SSSR count). The molecule has 4 bridgehead atoms. The number of rotatable bonds is 3. The summed E-state index contributed by atoms with van der Waals surface area (Å²) in [5.41, 5.74) is 3.35. The first-order valence-corrected chi connectivity index (χ1v) is 14.8. The van der Waals surface area contributed by atoms with Crippen LogP contribution in [0, 0.1) is 5.82 Å². The fraction of sp³-hybridized carbons (Fsp3) is 0.364. The van der Waals surface area contributed by atoms with Crippen molar-refractivity contribution >= 4 is 17.7 Å². The highest BCUT2D eigenvalue weighted by Gasteiger charge is 2.35. The Kier molecular flexibility index (Phi) is 8.65. The zero-order valence-corrected chi connectivity index (χ0v) is 24.5. The number of nitrogens with one attached hydrogen (secondary N) is 2. The molecule has 2 N–H and O–H groups in total. The lowest BCUT2D eigenvalue weighted by molar-refractivity contribution is -0.135. The average Bonchev–Trinajstić information content (AvgIpc) is 3.02. The molecule has 3 aliphatic heterocycles. The molecule has 3 aromatic rings. The monoisotopic (exact) mass is 602 g/mol. The van der Waals surface area contributed by atoms with E-state index in [0.717, 1.165) is 13.0 Å². The van der Waals surface area contributed by atoms with Gasteiger partial charge in [-0.25, -0.2) is 4.39 Å². The SMILES string of the molecule is COc1ccc2cc1OCC(=O)NCc1cc(F)cc(c1)O[C@@H]1CCN(C(=O)CN3CCc4ccccc4C3)C[C@@H]1NC2=O. The fourth-order valence-electron chi connectivity index (χ4n) is 5.96. The lowest BCUT2D eigenvalue weighted by atomic mass is 9.99. The van der Waals surface area contributed by atoms with E-state index in [4.69, 9.17) is 14.2 Å². The molecule has 0 aromatic heterocycles. The molecule has 11 heteroatoms. The van der Waals surface area contributed by atoms with Gasteiger partial charge in [0.2, 0.25) is 5.91 Å². The average molecular weight is 603 g/mol. The second-order valence-electron chi connectivity index (χ2n) is 11.3. The number of fused-ring (bicyclic) bond motifs is 6. The predicted molar refractivity (Wildman–Crippen MR) is 159 cm³/mol. The fourth-order valence-corrected chi connectivity index (χ4v) is 5.96. The first-order valence-electron chi connectivity index (χ1n) is 14.8. The number of ether oxygens (including phenoxy) is 3. The Labute approximate surface area is 255 Å². The lowest BCUT2D eigenvalue weighted by Gasteiger charge is -2.40. The van der Waals surface area contributed by atoms with E-state index in [1.165, 1.54) is 36.4 Å². The second kappa shape index (κ2) is 12.9. The standard InChI is InChI=1S/C33H35FN4O6/c1-42-29-7-6-23-14-30(29)43-20-31(39)35-16-21-12-25(34)15-26(13-21)44-28-9-11-38(18-27(28)36-33(23)41)32(40)19-37-10-8-22-4-2-3-5-24(22)17-37/h2-7,12-15,27-28H,8-11,16-20H2,1H3,(H,35,39)(H,36,41)/t27-,28+/m0/s1. The van der Waals surface area contributed by atoms with Crippen LogP contribution in [0.4, 0.5) is 4.39 Å². The lowest BCUT2D eigenvalue weighted by Crippen LogP contribution is -2.59. The number of carbonyl (C=O) groups is 3. The van der Waals surface area contributed by atoms with Crippen molar-refractivity contribution in [2.24, 2.45) is 0 Å². The minimum Gasteiger partial charge on any atom is -0.493 e. The number of methoxy groups -OCH3 is 1.